The van der Waals surface area contributed by atoms with E-state index in [-0.39, 0.29) is 6.79 Å². The Kier molecular flexibility index (Phi) is 5.89. The maximum Gasteiger partial charge on any atom is 0.336 e. The molecule has 3 rings (SSSR count). The molecule has 0 amide bonds. The van der Waals surface area contributed by atoms with Gasteiger partial charge in [0.15, 0.2) is 6.79 Å². The Bertz CT molecular complexity index is 966. The molecule has 1 N–H and O–H groups in total. The lowest BCUT2D eigenvalue weighted by atomic mass is 9.90. The van der Waals surface area contributed by atoms with Gasteiger partial charge in [-0.05, 0) is 46.0 Å². The van der Waals surface area contributed by atoms with Crippen LogP contribution in [0.25, 0.3) is 21.9 Å². The van der Waals surface area contributed by atoms with Crippen LogP contribution < -0.4 is 4.74 Å². The highest BCUT2D eigenvalue weighted by molar-refractivity contribution is 6.25. The summed E-state index contributed by atoms with van der Waals surface area (Å²) in [7, 11) is 1.55. The Balaban J connectivity index is 2.15. The highest BCUT2D eigenvalue weighted by Gasteiger charge is 2.18. The second-order valence-corrected chi connectivity index (χ2v) is 6.11. The molecule has 4 nitrogen and oxygen atoms in total. The van der Waals surface area contributed by atoms with Crippen LogP contribution in [0.1, 0.15) is 24.5 Å². The van der Waals surface area contributed by atoms with E-state index in [2.05, 4.69) is 0 Å². The molecule has 0 atom stereocenters. The van der Waals surface area contributed by atoms with E-state index in [0.29, 0.717) is 23.3 Å². The normalized spacial score (nSPS) is 11.9. The van der Waals surface area contributed by atoms with Crippen LogP contribution in [-0.2, 0) is 9.53 Å². The monoisotopic (exact) mass is 362 g/mol. The summed E-state index contributed by atoms with van der Waals surface area (Å²) < 4.78 is 10.3. The number of rotatable bonds is 7. The number of hydrogen-bond acceptors (Lipinski definition) is 3. The van der Waals surface area contributed by atoms with Crippen molar-refractivity contribution in [2.24, 2.45) is 0 Å². The summed E-state index contributed by atoms with van der Waals surface area (Å²) in [4.78, 5) is 12.2. The van der Waals surface area contributed by atoms with E-state index < -0.39 is 5.97 Å². The van der Waals surface area contributed by atoms with Gasteiger partial charge in [-0.25, -0.2) is 4.79 Å². The average Bonchev–Trinajstić information content (AvgIpc) is 2.70. The molecule has 0 heterocycles. The smallest absolute Gasteiger partial charge is 0.336 e. The zero-order chi connectivity index (χ0) is 19.2. The second-order valence-electron chi connectivity index (χ2n) is 6.11. The van der Waals surface area contributed by atoms with Gasteiger partial charge in [0.2, 0.25) is 0 Å². The van der Waals surface area contributed by atoms with Crippen molar-refractivity contribution in [3.05, 3.63) is 77.9 Å². The first kappa shape index (κ1) is 18.7. The fourth-order valence-electron chi connectivity index (χ4n) is 3.26. The number of allylic oxidation sites excluding steroid dienone is 1. The molecule has 0 spiro atoms. The summed E-state index contributed by atoms with van der Waals surface area (Å²) in [5.74, 6) is -0.307. The van der Waals surface area contributed by atoms with Gasteiger partial charge in [-0.15, -0.1) is 0 Å². The molecule has 0 unspecified atom stereocenters. The van der Waals surface area contributed by atoms with Gasteiger partial charge < -0.3 is 14.6 Å². The summed E-state index contributed by atoms with van der Waals surface area (Å²) >= 11 is 0. The predicted octanol–water partition coefficient (Wildman–Crippen LogP) is 5.23. The van der Waals surface area contributed by atoms with E-state index in [4.69, 9.17) is 9.47 Å². The zero-order valence-electron chi connectivity index (χ0n) is 15.4. The molecule has 3 aromatic carbocycles. The van der Waals surface area contributed by atoms with Crippen LogP contribution in [0.4, 0.5) is 0 Å². The van der Waals surface area contributed by atoms with Gasteiger partial charge in [0, 0.05) is 7.11 Å². The third kappa shape index (κ3) is 4.01. The van der Waals surface area contributed by atoms with E-state index in [1.54, 1.807) is 31.4 Å². The van der Waals surface area contributed by atoms with Crippen molar-refractivity contribution < 1.29 is 19.4 Å². The molecule has 27 heavy (non-hydrogen) atoms. The summed E-state index contributed by atoms with van der Waals surface area (Å²) in [6.45, 7) is 2.13. The lowest BCUT2D eigenvalue weighted by molar-refractivity contribution is -0.130. The molecule has 3 aromatic rings. The highest BCUT2D eigenvalue weighted by Crippen LogP contribution is 2.34. The molecule has 0 aromatic heterocycles. The molecule has 4 heteroatoms. The van der Waals surface area contributed by atoms with Crippen LogP contribution in [0, 0.1) is 0 Å². The van der Waals surface area contributed by atoms with E-state index in [1.807, 2.05) is 49.4 Å². The summed E-state index contributed by atoms with van der Waals surface area (Å²) in [5.41, 5.74) is 2.72. The van der Waals surface area contributed by atoms with Gasteiger partial charge in [-0.3, -0.25) is 0 Å². The average molecular weight is 362 g/mol. The van der Waals surface area contributed by atoms with Gasteiger partial charge in [-0.2, -0.15) is 0 Å². The maximum absolute atomic E-state index is 12.2. The Morgan fingerprint density at radius 2 is 1.67 bits per heavy atom. The lowest BCUT2D eigenvalue weighted by Gasteiger charge is -2.15. The van der Waals surface area contributed by atoms with Gasteiger partial charge in [0.05, 0.1) is 5.57 Å². The first-order chi connectivity index (χ1) is 13.2. The molecule has 0 fully saturated rings. The van der Waals surface area contributed by atoms with Crippen molar-refractivity contribution in [3.8, 4) is 5.75 Å². The standard InChI is InChI=1S/C23H22O4/c1-3-19(21-10-6-8-16-7-4-5-9-20(16)21)22(23(24)25)17-11-13-18(14-12-17)27-15-26-2/h4-14H,3,15H2,1-2H3,(H,24,25)/b22-19-. The van der Waals surface area contributed by atoms with Crippen molar-refractivity contribution in [1.29, 1.82) is 0 Å². The van der Waals surface area contributed by atoms with Crippen molar-refractivity contribution in [2.75, 3.05) is 13.9 Å². The van der Waals surface area contributed by atoms with E-state index >= 15 is 0 Å². The van der Waals surface area contributed by atoms with Crippen molar-refractivity contribution in [2.45, 2.75) is 13.3 Å². The minimum absolute atomic E-state index is 0.150. The van der Waals surface area contributed by atoms with Gasteiger partial charge in [0.25, 0.3) is 0 Å². The number of fused-ring (bicyclic) bond motifs is 1. The van der Waals surface area contributed by atoms with Crippen LogP contribution in [0.5, 0.6) is 5.75 Å². The number of hydrogen-bond donors (Lipinski definition) is 1. The molecular weight excluding hydrogens is 340 g/mol. The molecule has 0 bridgehead atoms. The van der Waals surface area contributed by atoms with Crippen molar-refractivity contribution >= 4 is 27.9 Å². The maximum atomic E-state index is 12.2. The van der Waals surface area contributed by atoms with Crippen LogP contribution in [0.3, 0.4) is 0 Å². The highest BCUT2D eigenvalue weighted by atomic mass is 16.7. The minimum Gasteiger partial charge on any atom is -0.478 e. The van der Waals surface area contributed by atoms with Crippen molar-refractivity contribution in [1.82, 2.24) is 0 Å². The van der Waals surface area contributed by atoms with Crippen LogP contribution in [-0.4, -0.2) is 25.0 Å². The third-order valence-electron chi connectivity index (χ3n) is 4.47. The third-order valence-corrected chi connectivity index (χ3v) is 4.47. The van der Waals surface area contributed by atoms with Gasteiger partial charge >= 0.3 is 5.97 Å². The largest absolute Gasteiger partial charge is 0.478 e. The minimum atomic E-state index is -0.939. The van der Waals surface area contributed by atoms with Gasteiger partial charge in [-0.1, -0.05) is 61.5 Å². The predicted molar refractivity (Wildman–Crippen MR) is 108 cm³/mol. The van der Waals surface area contributed by atoms with Gasteiger partial charge in [0.1, 0.15) is 5.75 Å². The lowest BCUT2D eigenvalue weighted by Crippen LogP contribution is -2.04. The number of methoxy groups -OCH3 is 1. The van der Waals surface area contributed by atoms with Crippen LogP contribution in [0.2, 0.25) is 0 Å². The molecule has 0 aliphatic rings. The Hall–Kier alpha value is -3.11. The van der Waals surface area contributed by atoms with Crippen LogP contribution in [0.15, 0.2) is 66.7 Å². The number of carboxylic acids is 1. The number of benzene rings is 3. The first-order valence-corrected chi connectivity index (χ1v) is 8.82. The zero-order valence-corrected chi connectivity index (χ0v) is 15.4. The van der Waals surface area contributed by atoms with E-state index in [9.17, 15) is 9.90 Å². The SMILES string of the molecule is CC/C(=C(/C(=O)O)c1ccc(OCOC)cc1)c1cccc2ccccc12. The molecule has 0 saturated carbocycles. The number of carboxylic acid groups (broad SMARTS) is 1. The summed E-state index contributed by atoms with van der Waals surface area (Å²) in [6, 6.07) is 21.1. The fraction of sp³-hybridized carbons (Fsp3) is 0.174. The molecule has 0 aliphatic heterocycles. The molecule has 0 radical (unpaired) electrons. The second kappa shape index (κ2) is 8.52. The fourth-order valence-corrected chi connectivity index (χ4v) is 3.26. The van der Waals surface area contributed by atoms with Crippen LogP contribution >= 0.6 is 0 Å². The van der Waals surface area contributed by atoms with E-state index in [0.717, 1.165) is 21.9 Å². The quantitative estimate of drug-likeness (QED) is 0.355. The number of aliphatic carboxylic acids is 1. The Labute approximate surface area is 158 Å². The molecule has 0 saturated heterocycles. The number of ether oxygens (including phenoxy) is 2. The van der Waals surface area contributed by atoms with Crippen molar-refractivity contribution in [3.63, 3.8) is 0 Å². The summed E-state index contributed by atoms with van der Waals surface area (Å²) in [6.07, 6.45) is 0.609. The topological polar surface area (TPSA) is 55.8 Å². The number of carbonyl (C=O) groups is 1. The summed E-state index contributed by atoms with van der Waals surface area (Å²) in [5, 5.41) is 12.1. The first-order valence-electron chi connectivity index (χ1n) is 8.82. The molecular formula is C23H22O4. The molecule has 0 aliphatic carbocycles. The van der Waals surface area contributed by atoms with E-state index in [1.165, 1.54) is 0 Å². The Morgan fingerprint density at radius 3 is 2.33 bits per heavy atom. The molecule has 138 valence electrons. The Morgan fingerprint density at radius 1 is 0.963 bits per heavy atom.